The van der Waals surface area contributed by atoms with E-state index in [4.69, 9.17) is 4.74 Å². The first-order valence-electron chi connectivity index (χ1n) is 13.5. The molecule has 35 heavy (non-hydrogen) atoms. The number of allylic oxidation sites excluding steroid dienone is 3. The summed E-state index contributed by atoms with van der Waals surface area (Å²) in [7, 11) is -3.07. The lowest BCUT2D eigenvalue weighted by Crippen LogP contribution is -2.38. The van der Waals surface area contributed by atoms with Crippen molar-refractivity contribution in [1.29, 1.82) is 0 Å². The molecular weight excluding hydrogens is 460 g/mol. The predicted molar refractivity (Wildman–Crippen MR) is 143 cm³/mol. The molecule has 0 heterocycles. The van der Waals surface area contributed by atoms with Gasteiger partial charge in [-0.3, -0.25) is 0 Å². The number of rotatable bonds is 8. The van der Waals surface area contributed by atoms with Crippen LogP contribution in [-0.4, -0.2) is 54.0 Å². The molecule has 0 amide bonds. The van der Waals surface area contributed by atoms with Crippen LogP contribution in [0.5, 0.6) is 0 Å². The van der Waals surface area contributed by atoms with Gasteiger partial charge in [0, 0.05) is 13.0 Å². The molecule has 0 radical (unpaired) electrons. The van der Waals surface area contributed by atoms with Gasteiger partial charge in [0.25, 0.3) is 0 Å². The highest BCUT2D eigenvalue weighted by Crippen LogP contribution is 2.58. The maximum absolute atomic E-state index is 12.3. The fraction of sp³-hybridized carbons (Fsp3) is 0.793. The molecule has 0 aromatic carbocycles. The van der Waals surface area contributed by atoms with Crippen LogP contribution in [0.15, 0.2) is 35.5 Å². The summed E-state index contributed by atoms with van der Waals surface area (Å²) in [5, 5.41) is 20.2. The van der Waals surface area contributed by atoms with Gasteiger partial charge in [-0.25, -0.2) is 8.42 Å². The summed E-state index contributed by atoms with van der Waals surface area (Å²) in [4.78, 5) is 0. The van der Waals surface area contributed by atoms with E-state index in [0.717, 1.165) is 30.4 Å². The minimum absolute atomic E-state index is 0.158. The molecule has 3 aliphatic rings. The number of aliphatic hydroxyl groups excluding tert-OH is 2. The molecule has 3 aliphatic carbocycles. The lowest BCUT2D eigenvalue weighted by molar-refractivity contribution is -0.0257. The Morgan fingerprint density at radius 2 is 1.91 bits per heavy atom. The predicted octanol–water partition coefficient (Wildman–Crippen LogP) is 5.53. The third-order valence-electron chi connectivity index (χ3n) is 8.99. The lowest BCUT2D eigenvalue weighted by Gasteiger charge is -2.44. The topological polar surface area (TPSA) is 83.8 Å². The Bertz CT molecular complexity index is 925. The van der Waals surface area contributed by atoms with Crippen molar-refractivity contribution in [1.82, 2.24) is 0 Å². The monoisotopic (exact) mass is 508 g/mol. The molecule has 6 heteroatoms. The van der Waals surface area contributed by atoms with Gasteiger partial charge in [-0.05, 0) is 107 Å². The summed E-state index contributed by atoms with van der Waals surface area (Å²) in [5.41, 5.74) is 3.40. The third kappa shape index (κ3) is 6.49. The van der Waals surface area contributed by atoms with Gasteiger partial charge in [0.2, 0.25) is 0 Å². The van der Waals surface area contributed by atoms with Crippen LogP contribution >= 0.6 is 0 Å². The highest BCUT2D eigenvalue weighted by molar-refractivity contribution is 7.92. The largest absolute Gasteiger partial charge is 0.393 e. The van der Waals surface area contributed by atoms with Crippen LogP contribution in [0.25, 0.3) is 0 Å². The van der Waals surface area contributed by atoms with Crippen molar-refractivity contribution in [3.8, 4) is 0 Å². The van der Waals surface area contributed by atoms with E-state index in [1.165, 1.54) is 24.8 Å². The van der Waals surface area contributed by atoms with E-state index in [1.807, 2.05) is 0 Å². The Morgan fingerprint density at radius 3 is 2.60 bits per heavy atom. The molecule has 0 bridgehead atoms. The molecule has 3 fully saturated rings. The van der Waals surface area contributed by atoms with Gasteiger partial charge >= 0.3 is 0 Å². The van der Waals surface area contributed by atoms with E-state index in [2.05, 4.69) is 32.6 Å². The van der Waals surface area contributed by atoms with E-state index in [9.17, 15) is 18.6 Å². The molecule has 0 aromatic rings. The Morgan fingerprint density at radius 1 is 1.20 bits per heavy atom. The smallest absolute Gasteiger partial charge is 0.155 e. The van der Waals surface area contributed by atoms with Crippen LogP contribution < -0.4 is 0 Å². The van der Waals surface area contributed by atoms with Crippen molar-refractivity contribution in [2.75, 3.05) is 12.4 Å². The number of ether oxygens (including phenoxy) is 1. The first-order valence-corrected chi connectivity index (χ1v) is 15.2. The van der Waals surface area contributed by atoms with Gasteiger partial charge in [0.1, 0.15) is 0 Å². The molecule has 0 spiro atoms. The van der Waals surface area contributed by atoms with Crippen molar-refractivity contribution in [2.45, 2.75) is 115 Å². The fourth-order valence-electron chi connectivity index (χ4n) is 6.60. The van der Waals surface area contributed by atoms with Gasteiger partial charge in [0.05, 0.1) is 28.8 Å². The molecule has 200 valence electrons. The van der Waals surface area contributed by atoms with Gasteiger partial charge in [-0.2, -0.15) is 0 Å². The molecule has 3 saturated carbocycles. The zero-order valence-electron chi connectivity index (χ0n) is 22.6. The molecule has 0 saturated heterocycles. The number of unbranched alkanes of at least 4 members (excludes halogenated alkanes) is 1. The normalized spacial score (nSPS) is 35.5. The molecular formula is C29H48O5S. The number of sulfone groups is 1. The molecule has 2 N–H and O–H groups in total. The number of fused-ring (bicyclic) bond motifs is 1. The summed E-state index contributed by atoms with van der Waals surface area (Å²) in [6.45, 7) is 14.6. The second-order valence-electron chi connectivity index (χ2n) is 12.4. The van der Waals surface area contributed by atoms with Crippen molar-refractivity contribution in [3.63, 3.8) is 0 Å². The van der Waals surface area contributed by atoms with Crippen LogP contribution in [-0.2, 0) is 14.6 Å². The van der Waals surface area contributed by atoms with Gasteiger partial charge in [0.15, 0.2) is 9.84 Å². The summed E-state index contributed by atoms with van der Waals surface area (Å²) in [5.74, 6) is 1.25. The van der Waals surface area contributed by atoms with Crippen LogP contribution in [0, 0.1) is 17.3 Å². The zero-order valence-corrected chi connectivity index (χ0v) is 23.4. The van der Waals surface area contributed by atoms with Gasteiger partial charge < -0.3 is 14.9 Å². The zero-order chi connectivity index (χ0) is 26.0. The van der Waals surface area contributed by atoms with Crippen molar-refractivity contribution >= 4 is 9.84 Å². The average Bonchev–Trinajstić information content (AvgIpc) is 3.11. The molecule has 3 rings (SSSR count). The Labute approximate surface area is 213 Å². The number of hydrogen-bond donors (Lipinski definition) is 2. The first-order chi connectivity index (χ1) is 16.3. The highest BCUT2D eigenvalue weighted by Gasteiger charge is 2.51. The minimum Gasteiger partial charge on any atom is -0.393 e. The Hall–Kier alpha value is -0.950. The summed E-state index contributed by atoms with van der Waals surface area (Å²) >= 11 is 0. The third-order valence-corrected chi connectivity index (χ3v) is 11.7. The van der Waals surface area contributed by atoms with Crippen LogP contribution in [0.3, 0.4) is 0 Å². The molecule has 0 aromatic heterocycles. The quantitative estimate of drug-likeness (QED) is 0.422. The first kappa shape index (κ1) is 28.6. The van der Waals surface area contributed by atoms with Crippen molar-refractivity contribution < 1.29 is 23.4 Å². The van der Waals surface area contributed by atoms with E-state index < -0.39 is 26.8 Å². The van der Waals surface area contributed by atoms with Crippen LogP contribution in [0.1, 0.15) is 92.4 Å². The van der Waals surface area contributed by atoms with Crippen LogP contribution in [0.4, 0.5) is 0 Å². The fourth-order valence-corrected chi connectivity index (χ4v) is 7.80. The molecule has 6 atom stereocenters. The van der Waals surface area contributed by atoms with Crippen LogP contribution in [0.2, 0.25) is 0 Å². The standard InChI is InChI=1S/C29H48O5S/c1-20-23(18-24(30)19-27(20)31)12-11-22-10-9-15-29(6)25(13-14-26(22)29)21(2)34-16-7-8-17-35(32,33)28(3,4)5/h11-12,21,24-27,30-31H,1,7-10,13-19H2,2-6H3/t21-,24?,25-,26+,27?,29-/m1/s1. The summed E-state index contributed by atoms with van der Waals surface area (Å²) < 4.78 is 30.2. The number of aliphatic hydroxyl groups is 2. The SMILES string of the molecule is C=C1C(=CC=C2CCC[C@]3(C)[C@@H]([C@@H](C)OCCCCS(=O)(=O)C(C)(C)C)CC[C@@H]23)CC(O)CC1O. The highest BCUT2D eigenvalue weighted by atomic mass is 32.2. The van der Waals surface area contributed by atoms with E-state index in [1.54, 1.807) is 20.8 Å². The summed E-state index contributed by atoms with van der Waals surface area (Å²) in [6, 6.07) is 0. The molecule has 5 nitrogen and oxygen atoms in total. The van der Waals surface area contributed by atoms with E-state index >= 15 is 0 Å². The number of hydrogen-bond acceptors (Lipinski definition) is 5. The lowest BCUT2D eigenvalue weighted by atomic mass is 9.62. The summed E-state index contributed by atoms with van der Waals surface area (Å²) in [6.07, 6.45) is 11.5. The van der Waals surface area contributed by atoms with Gasteiger partial charge in [-0.15, -0.1) is 0 Å². The van der Waals surface area contributed by atoms with Gasteiger partial charge in [-0.1, -0.05) is 31.2 Å². The second kappa shape index (κ2) is 11.2. The van der Waals surface area contributed by atoms with E-state index in [0.29, 0.717) is 37.7 Å². The Kier molecular flexibility index (Phi) is 9.16. The van der Waals surface area contributed by atoms with E-state index in [-0.39, 0.29) is 17.3 Å². The second-order valence-corrected chi connectivity index (χ2v) is 15.2. The molecule has 2 unspecified atom stereocenters. The van der Waals surface area contributed by atoms with Crippen molar-refractivity contribution in [3.05, 3.63) is 35.5 Å². The minimum atomic E-state index is -3.07. The average molecular weight is 509 g/mol. The van der Waals surface area contributed by atoms with Crippen molar-refractivity contribution in [2.24, 2.45) is 17.3 Å². The molecule has 0 aliphatic heterocycles. The maximum atomic E-state index is 12.3. The maximum Gasteiger partial charge on any atom is 0.155 e. The Balaban J connectivity index is 1.58.